The van der Waals surface area contributed by atoms with E-state index in [2.05, 4.69) is 5.10 Å². The minimum Gasteiger partial charge on any atom is -0.381 e. The van der Waals surface area contributed by atoms with Crippen LogP contribution in [0.3, 0.4) is 0 Å². The molecule has 0 saturated carbocycles. The van der Waals surface area contributed by atoms with Gasteiger partial charge in [0.15, 0.2) is 5.69 Å². The molecule has 2 aliphatic heterocycles. The summed E-state index contributed by atoms with van der Waals surface area (Å²) in [7, 11) is 3.38. The van der Waals surface area contributed by atoms with E-state index in [4.69, 9.17) is 9.47 Å². The monoisotopic (exact) mass is 378 g/mol. The number of hydrogen-bond donors (Lipinski definition) is 0. The van der Waals surface area contributed by atoms with E-state index >= 15 is 0 Å². The minimum absolute atomic E-state index is 0.00243. The third-order valence-electron chi connectivity index (χ3n) is 5.55. The van der Waals surface area contributed by atoms with Crippen LogP contribution >= 0.6 is 0 Å². The van der Waals surface area contributed by atoms with Crippen molar-refractivity contribution in [2.24, 2.45) is 7.05 Å². The molecule has 1 aromatic heterocycles. The van der Waals surface area contributed by atoms with Gasteiger partial charge in [0.25, 0.3) is 5.91 Å². The highest BCUT2D eigenvalue weighted by molar-refractivity contribution is 5.92. The third kappa shape index (κ3) is 4.50. The SMILES string of the molecule is COCC(=O)N(C1CCOCC1)C1CCCN(C(=O)c2cc(C)n(C)n2)C1. The molecule has 3 rings (SSSR count). The molecule has 2 aliphatic rings. The van der Waals surface area contributed by atoms with E-state index in [1.165, 1.54) is 0 Å². The fourth-order valence-electron chi connectivity index (χ4n) is 4.06. The summed E-state index contributed by atoms with van der Waals surface area (Å²) >= 11 is 0. The van der Waals surface area contributed by atoms with Gasteiger partial charge < -0.3 is 19.3 Å². The lowest BCUT2D eigenvalue weighted by Crippen LogP contribution is -2.56. The number of aryl methyl sites for hydroxylation is 2. The van der Waals surface area contributed by atoms with Crippen LogP contribution in [0.5, 0.6) is 0 Å². The molecule has 0 spiro atoms. The zero-order valence-corrected chi connectivity index (χ0v) is 16.5. The highest BCUT2D eigenvalue weighted by atomic mass is 16.5. The van der Waals surface area contributed by atoms with Gasteiger partial charge in [0.2, 0.25) is 5.91 Å². The Labute approximate surface area is 160 Å². The van der Waals surface area contributed by atoms with Crippen molar-refractivity contribution >= 4 is 11.8 Å². The van der Waals surface area contributed by atoms with Crippen LogP contribution in [-0.4, -0.2) is 83.5 Å². The Morgan fingerprint density at radius 2 is 2.04 bits per heavy atom. The molecular formula is C19H30N4O4. The van der Waals surface area contributed by atoms with Gasteiger partial charge in [-0.3, -0.25) is 14.3 Å². The van der Waals surface area contributed by atoms with Crippen LogP contribution in [0.1, 0.15) is 41.9 Å². The van der Waals surface area contributed by atoms with Gasteiger partial charge in [-0.15, -0.1) is 0 Å². The number of aromatic nitrogens is 2. The normalized spacial score (nSPS) is 21.3. The largest absolute Gasteiger partial charge is 0.381 e. The van der Waals surface area contributed by atoms with E-state index in [0.29, 0.717) is 32.0 Å². The predicted molar refractivity (Wildman–Crippen MR) is 99.4 cm³/mol. The topological polar surface area (TPSA) is 76.9 Å². The Hall–Kier alpha value is -1.93. The van der Waals surface area contributed by atoms with Crippen LogP contribution in [0.15, 0.2) is 6.07 Å². The molecule has 0 N–H and O–H groups in total. The average Bonchev–Trinajstić information content (AvgIpc) is 3.01. The molecule has 8 heteroatoms. The van der Waals surface area contributed by atoms with Crippen LogP contribution in [-0.2, 0) is 21.3 Å². The number of methoxy groups -OCH3 is 1. The zero-order chi connectivity index (χ0) is 19.4. The molecule has 1 unspecified atom stereocenters. The molecule has 150 valence electrons. The summed E-state index contributed by atoms with van der Waals surface area (Å²) in [4.78, 5) is 29.5. The summed E-state index contributed by atoms with van der Waals surface area (Å²) < 4.78 is 12.3. The summed E-state index contributed by atoms with van der Waals surface area (Å²) in [5, 5.41) is 4.32. The molecule has 2 saturated heterocycles. The van der Waals surface area contributed by atoms with Crippen molar-refractivity contribution in [1.82, 2.24) is 19.6 Å². The van der Waals surface area contributed by atoms with Gasteiger partial charge in [-0.2, -0.15) is 5.10 Å². The van der Waals surface area contributed by atoms with Gasteiger partial charge >= 0.3 is 0 Å². The van der Waals surface area contributed by atoms with Gasteiger partial charge in [-0.05, 0) is 38.7 Å². The van der Waals surface area contributed by atoms with Crippen molar-refractivity contribution < 1.29 is 19.1 Å². The second-order valence-electron chi connectivity index (χ2n) is 7.42. The smallest absolute Gasteiger partial charge is 0.274 e. The van der Waals surface area contributed by atoms with E-state index in [-0.39, 0.29) is 30.5 Å². The van der Waals surface area contributed by atoms with E-state index in [9.17, 15) is 9.59 Å². The molecule has 2 fully saturated rings. The van der Waals surface area contributed by atoms with Crippen molar-refractivity contribution in [2.75, 3.05) is 40.0 Å². The third-order valence-corrected chi connectivity index (χ3v) is 5.55. The van der Waals surface area contributed by atoms with Gasteiger partial charge in [0.05, 0.1) is 0 Å². The van der Waals surface area contributed by atoms with Crippen LogP contribution in [0.4, 0.5) is 0 Å². The second-order valence-corrected chi connectivity index (χ2v) is 7.42. The number of nitrogens with zero attached hydrogens (tertiary/aromatic N) is 4. The number of piperidine rings is 1. The summed E-state index contributed by atoms with van der Waals surface area (Å²) in [6.07, 6.45) is 3.44. The van der Waals surface area contributed by atoms with Crippen LogP contribution in [0.2, 0.25) is 0 Å². The zero-order valence-electron chi connectivity index (χ0n) is 16.5. The van der Waals surface area contributed by atoms with Crippen molar-refractivity contribution in [3.05, 3.63) is 17.5 Å². The molecule has 0 aromatic carbocycles. The second kappa shape index (κ2) is 8.84. The van der Waals surface area contributed by atoms with Gasteiger partial charge in [-0.1, -0.05) is 0 Å². The summed E-state index contributed by atoms with van der Waals surface area (Å²) in [5.41, 5.74) is 1.42. The van der Waals surface area contributed by atoms with Crippen molar-refractivity contribution in [2.45, 2.75) is 44.7 Å². The number of carbonyl (C=O) groups is 2. The first-order chi connectivity index (χ1) is 13.0. The molecular weight excluding hydrogens is 348 g/mol. The molecule has 0 bridgehead atoms. The van der Waals surface area contributed by atoms with Gasteiger partial charge in [-0.25, -0.2) is 0 Å². The molecule has 0 aliphatic carbocycles. The average molecular weight is 378 g/mol. The Morgan fingerprint density at radius 1 is 1.30 bits per heavy atom. The van der Waals surface area contributed by atoms with Crippen LogP contribution < -0.4 is 0 Å². The number of amides is 2. The lowest BCUT2D eigenvalue weighted by Gasteiger charge is -2.44. The van der Waals surface area contributed by atoms with Crippen LogP contribution in [0, 0.1) is 6.92 Å². The molecule has 2 amide bonds. The summed E-state index contributed by atoms with van der Waals surface area (Å²) in [5.74, 6) is -0.0631. The number of hydrogen-bond acceptors (Lipinski definition) is 5. The number of carbonyl (C=O) groups excluding carboxylic acids is 2. The maximum Gasteiger partial charge on any atom is 0.274 e. The first kappa shape index (κ1) is 19.8. The standard InChI is InChI=1S/C19H30N4O4/c1-14-11-17(20-21(14)2)19(25)22-8-4-5-16(12-22)23(18(24)13-26-3)15-6-9-27-10-7-15/h11,15-16H,4-10,12-13H2,1-3H3. The van der Waals surface area contributed by atoms with E-state index in [1.807, 2.05) is 29.8 Å². The number of likely N-dealkylation sites (tertiary alicyclic amines) is 1. The molecule has 0 radical (unpaired) electrons. The van der Waals surface area contributed by atoms with E-state index in [0.717, 1.165) is 31.4 Å². The quantitative estimate of drug-likeness (QED) is 0.764. The van der Waals surface area contributed by atoms with E-state index < -0.39 is 0 Å². The highest BCUT2D eigenvalue weighted by Crippen LogP contribution is 2.24. The molecule has 8 nitrogen and oxygen atoms in total. The van der Waals surface area contributed by atoms with Crippen molar-refractivity contribution in [1.29, 1.82) is 0 Å². The summed E-state index contributed by atoms with van der Waals surface area (Å²) in [6, 6.07) is 1.98. The molecule has 3 heterocycles. The van der Waals surface area contributed by atoms with Crippen molar-refractivity contribution in [3.8, 4) is 0 Å². The van der Waals surface area contributed by atoms with Gasteiger partial charge in [0, 0.05) is 58.2 Å². The maximum atomic E-state index is 12.9. The first-order valence-electron chi connectivity index (χ1n) is 9.69. The molecule has 1 aromatic rings. The molecule has 27 heavy (non-hydrogen) atoms. The minimum atomic E-state index is -0.0606. The van der Waals surface area contributed by atoms with Crippen molar-refractivity contribution in [3.63, 3.8) is 0 Å². The Morgan fingerprint density at radius 3 is 2.67 bits per heavy atom. The predicted octanol–water partition coefficient (Wildman–Crippen LogP) is 0.987. The molecule has 1 atom stereocenters. The number of rotatable bonds is 5. The Balaban J connectivity index is 1.74. The highest BCUT2D eigenvalue weighted by Gasteiger charge is 2.36. The Bertz CT molecular complexity index is 649. The van der Waals surface area contributed by atoms with Crippen LogP contribution in [0.25, 0.3) is 0 Å². The number of ether oxygens (including phenoxy) is 2. The fraction of sp³-hybridized carbons (Fsp3) is 0.737. The Kier molecular flexibility index (Phi) is 6.49. The lowest BCUT2D eigenvalue weighted by molar-refractivity contribution is -0.143. The lowest BCUT2D eigenvalue weighted by atomic mass is 9.98. The maximum absolute atomic E-state index is 12.9. The van der Waals surface area contributed by atoms with Gasteiger partial charge in [0.1, 0.15) is 6.61 Å². The van der Waals surface area contributed by atoms with E-state index in [1.54, 1.807) is 11.8 Å². The fourth-order valence-corrected chi connectivity index (χ4v) is 4.06. The summed E-state index contributed by atoms with van der Waals surface area (Å²) in [6.45, 7) is 4.58. The first-order valence-corrected chi connectivity index (χ1v) is 9.69.